The summed E-state index contributed by atoms with van der Waals surface area (Å²) in [5.74, 6) is -3.18. The molecule has 8 heteroatoms. The van der Waals surface area contributed by atoms with Crippen molar-refractivity contribution in [1.29, 1.82) is 0 Å². The lowest BCUT2D eigenvalue weighted by molar-refractivity contribution is -0.130. The van der Waals surface area contributed by atoms with E-state index in [1.54, 1.807) is 0 Å². The van der Waals surface area contributed by atoms with E-state index in [1.807, 2.05) is 5.32 Å². The number of hydrazine groups is 1. The zero-order valence-electron chi connectivity index (χ0n) is 9.74. The summed E-state index contributed by atoms with van der Waals surface area (Å²) in [6.45, 7) is 1.15. The molecule has 2 N–H and O–H groups in total. The first-order valence-corrected chi connectivity index (χ1v) is 5.27. The lowest BCUT2D eigenvalue weighted by Gasteiger charge is -2.31. The van der Waals surface area contributed by atoms with Crippen molar-refractivity contribution in [2.45, 2.75) is 13.0 Å². The molecule has 100 valence electrons. The molecule has 1 atom stereocenters. The molecule has 1 saturated heterocycles. The Kier molecular flexibility index (Phi) is 3.26. The van der Waals surface area contributed by atoms with Crippen molar-refractivity contribution in [2.75, 3.05) is 5.01 Å². The molecule has 1 aromatic rings. The molecule has 6 nitrogen and oxygen atoms in total. The van der Waals surface area contributed by atoms with Crippen LogP contribution in [0.2, 0.25) is 0 Å². The van der Waals surface area contributed by atoms with Crippen LogP contribution in [0.5, 0.6) is 0 Å². The van der Waals surface area contributed by atoms with E-state index in [2.05, 4.69) is 5.43 Å². The zero-order chi connectivity index (χ0) is 14.2. The largest absolute Gasteiger partial charge is 0.343 e. The van der Waals surface area contributed by atoms with Crippen LogP contribution in [0.1, 0.15) is 6.92 Å². The number of urea groups is 1. The number of Topliss-reactive ketones (excluding diaryl/α,β-unsaturated/α-hetero) is 1. The van der Waals surface area contributed by atoms with Crippen LogP contribution in [0.4, 0.5) is 19.3 Å². The fourth-order valence-corrected chi connectivity index (χ4v) is 1.60. The number of nitrogens with zero attached hydrogens (tertiary/aromatic N) is 1. The minimum absolute atomic E-state index is 0.294. The highest BCUT2D eigenvalue weighted by molar-refractivity contribution is 6.15. The highest BCUT2D eigenvalue weighted by Crippen LogP contribution is 2.20. The van der Waals surface area contributed by atoms with Gasteiger partial charge < -0.3 is 0 Å². The number of hydrogen-bond donors (Lipinski definition) is 2. The summed E-state index contributed by atoms with van der Waals surface area (Å²) in [5.41, 5.74) is 1.99. The smallest absolute Gasteiger partial charge is 0.298 e. The van der Waals surface area contributed by atoms with Crippen LogP contribution in [-0.2, 0) is 9.59 Å². The molecule has 0 radical (unpaired) electrons. The Balaban J connectivity index is 2.35. The molecule has 1 fully saturated rings. The van der Waals surface area contributed by atoms with Gasteiger partial charge >= 0.3 is 6.03 Å². The van der Waals surface area contributed by atoms with E-state index < -0.39 is 35.4 Å². The Bertz CT molecular complexity index is 576. The Labute approximate surface area is 106 Å². The molecule has 1 heterocycles. The number of carbonyl (C=O) groups excluding carboxylic acids is 3. The second-order valence-corrected chi connectivity index (χ2v) is 3.90. The summed E-state index contributed by atoms with van der Waals surface area (Å²) >= 11 is 0. The average Bonchev–Trinajstić information content (AvgIpc) is 2.30. The van der Waals surface area contributed by atoms with Crippen molar-refractivity contribution in [3.8, 4) is 0 Å². The van der Waals surface area contributed by atoms with Gasteiger partial charge in [0.25, 0.3) is 5.91 Å². The summed E-state index contributed by atoms with van der Waals surface area (Å²) in [4.78, 5) is 34.2. The molecule has 0 aliphatic carbocycles. The first-order chi connectivity index (χ1) is 8.90. The van der Waals surface area contributed by atoms with Gasteiger partial charge in [-0.1, -0.05) is 0 Å². The van der Waals surface area contributed by atoms with E-state index in [4.69, 9.17) is 0 Å². The second-order valence-electron chi connectivity index (χ2n) is 3.90. The highest BCUT2D eigenvalue weighted by atomic mass is 19.1. The van der Waals surface area contributed by atoms with E-state index in [9.17, 15) is 23.2 Å². The molecule has 1 unspecified atom stereocenters. The molecule has 1 aliphatic rings. The van der Waals surface area contributed by atoms with Gasteiger partial charge in [0.2, 0.25) is 0 Å². The van der Waals surface area contributed by atoms with Crippen LogP contribution in [-0.4, -0.2) is 23.8 Å². The third-order valence-corrected chi connectivity index (χ3v) is 2.51. The van der Waals surface area contributed by atoms with Crippen molar-refractivity contribution >= 4 is 23.4 Å². The van der Waals surface area contributed by atoms with Crippen molar-refractivity contribution in [1.82, 2.24) is 10.7 Å². The molecular formula is C11H9F2N3O3. The number of ketones is 1. The third-order valence-electron chi connectivity index (χ3n) is 2.51. The van der Waals surface area contributed by atoms with E-state index in [0.29, 0.717) is 11.1 Å². The maximum Gasteiger partial charge on any atom is 0.343 e. The number of carbonyl (C=O) groups is 3. The van der Waals surface area contributed by atoms with E-state index >= 15 is 0 Å². The van der Waals surface area contributed by atoms with E-state index in [1.165, 1.54) is 0 Å². The Morgan fingerprint density at radius 3 is 2.58 bits per heavy atom. The highest BCUT2D eigenvalue weighted by Gasteiger charge is 2.36. The summed E-state index contributed by atoms with van der Waals surface area (Å²) in [5, 5.41) is 2.56. The van der Waals surface area contributed by atoms with Crippen molar-refractivity contribution in [3.63, 3.8) is 0 Å². The Hall–Kier alpha value is -2.35. The van der Waals surface area contributed by atoms with Gasteiger partial charge in [-0.3, -0.25) is 14.9 Å². The van der Waals surface area contributed by atoms with Gasteiger partial charge in [-0.25, -0.2) is 24.0 Å². The van der Waals surface area contributed by atoms with Gasteiger partial charge in [-0.05, 0) is 19.1 Å². The van der Waals surface area contributed by atoms with Gasteiger partial charge in [-0.15, -0.1) is 0 Å². The zero-order valence-corrected chi connectivity index (χ0v) is 9.74. The van der Waals surface area contributed by atoms with Crippen molar-refractivity contribution in [3.05, 3.63) is 29.8 Å². The van der Waals surface area contributed by atoms with Gasteiger partial charge in [0.15, 0.2) is 17.6 Å². The quantitative estimate of drug-likeness (QED) is 0.766. The molecule has 3 amide bonds. The molecule has 0 spiro atoms. The van der Waals surface area contributed by atoms with Gasteiger partial charge in [-0.2, -0.15) is 0 Å². The van der Waals surface area contributed by atoms with Crippen LogP contribution in [0.3, 0.4) is 0 Å². The fourth-order valence-electron chi connectivity index (χ4n) is 1.60. The van der Waals surface area contributed by atoms with Crippen LogP contribution < -0.4 is 15.8 Å². The van der Waals surface area contributed by atoms with Gasteiger partial charge in [0, 0.05) is 6.07 Å². The normalized spacial score (nSPS) is 19.3. The minimum Gasteiger partial charge on any atom is -0.298 e. The monoisotopic (exact) mass is 269 g/mol. The molecule has 0 aromatic heterocycles. The van der Waals surface area contributed by atoms with Crippen LogP contribution in [0.25, 0.3) is 0 Å². The lowest BCUT2D eigenvalue weighted by atomic mass is 10.2. The molecule has 1 aromatic carbocycles. The standard InChI is InChI=1S/C11H9F2N3O3/c1-5(17)9-10(18)14-11(19)16(15-9)8-3-2-6(12)4-7(8)13/h2-4,9,15H,1H3,(H,14,18,19). The number of halogens is 2. The summed E-state index contributed by atoms with van der Waals surface area (Å²) in [6, 6.07) is 0.301. The van der Waals surface area contributed by atoms with Gasteiger partial charge in [0.1, 0.15) is 5.82 Å². The van der Waals surface area contributed by atoms with Crippen LogP contribution in [0, 0.1) is 11.6 Å². The van der Waals surface area contributed by atoms with Gasteiger partial charge in [0.05, 0.1) is 5.69 Å². The molecule has 19 heavy (non-hydrogen) atoms. The summed E-state index contributed by atoms with van der Waals surface area (Å²) in [7, 11) is 0. The van der Waals surface area contributed by atoms with E-state index in [-0.39, 0.29) is 5.69 Å². The first-order valence-electron chi connectivity index (χ1n) is 5.27. The third kappa shape index (κ3) is 2.43. The van der Waals surface area contributed by atoms with Crippen LogP contribution in [0.15, 0.2) is 18.2 Å². The summed E-state index contributed by atoms with van der Waals surface area (Å²) in [6.07, 6.45) is 0. The molecule has 1 aliphatic heterocycles. The number of anilines is 1. The maximum absolute atomic E-state index is 13.6. The predicted molar refractivity (Wildman–Crippen MR) is 60.0 cm³/mol. The predicted octanol–water partition coefficient (Wildman–Crippen LogP) is 0.483. The fraction of sp³-hybridized carbons (Fsp3) is 0.182. The van der Waals surface area contributed by atoms with Crippen LogP contribution >= 0.6 is 0 Å². The van der Waals surface area contributed by atoms with Crippen molar-refractivity contribution in [2.24, 2.45) is 0 Å². The lowest BCUT2D eigenvalue weighted by Crippen LogP contribution is -2.66. The Morgan fingerprint density at radius 2 is 2.00 bits per heavy atom. The number of imide groups is 1. The van der Waals surface area contributed by atoms with Crippen molar-refractivity contribution < 1.29 is 23.2 Å². The van der Waals surface area contributed by atoms with E-state index in [0.717, 1.165) is 19.1 Å². The topological polar surface area (TPSA) is 78.5 Å². The average molecular weight is 269 g/mol. The molecule has 2 rings (SSSR count). The minimum atomic E-state index is -1.30. The number of nitrogens with one attached hydrogen (secondary N) is 2. The maximum atomic E-state index is 13.6. The SMILES string of the molecule is CC(=O)C1NN(c2ccc(F)cc2F)C(=O)NC1=O. The number of hydrogen-bond acceptors (Lipinski definition) is 4. The summed E-state index contributed by atoms with van der Waals surface area (Å²) < 4.78 is 26.4. The Morgan fingerprint density at radius 1 is 1.32 bits per heavy atom. The molecule has 0 saturated carbocycles. The first kappa shape index (κ1) is 13.1. The number of rotatable bonds is 2. The number of amides is 3. The molecular weight excluding hydrogens is 260 g/mol. The second kappa shape index (κ2) is 4.73. The molecule has 0 bridgehead atoms. The number of benzene rings is 1.